The van der Waals surface area contributed by atoms with E-state index in [0.717, 1.165) is 12.1 Å². The third kappa shape index (κ3) is 3.89. The number of hydrogen-bond acceptors (Lipinski definition) is 2. The molecular formula is C11H11ClF3NO2. The van der Waals surface area contributed by atoms with Crippen molar-refractivity contribution in [1.82, 2.24) is 4.90 Å². The van der Waals surface area contributed by atoms with Gasteiger partial charge in [0.2, 0.25) is 0 Å². The van der Waals surface area contributed by atoms with E-state index in [0.29, 0.717) is 4.90 Å². The molecule has 0 saturated carbocycles. The van der Waals surface area contributed by atoms with Crippen LogP contribution in [0.25, 0.3) is 0 Å². The second-order valence-corrected chi connectivity index (χ2v) is 3.93. The normalized spacial score (nSPS) is 10.8. The van der Waals surface area contributed by atoms with Crippen LogP contribution in [-0.4, -0.2) is 42.0 Å². The largest absolute Gasteiger partial charge is 0.395 e. The zero-order valence-electron chi connectivity index (χ0n) is 9.25. The van der Waals surface area contributed by atoms with Crippen molar-refractivity contribution in [3.05, 3.63) is 34.6 Å². The molecule has 0 radical (unpaired) electrons. The number of nitrogens with zero attached hydrogens (tertiary/aromatic N) is 1. The summed E-state index contributed by atoms with van der Waals surface area (Å²) in [5.41, 5.74) is -0.392. The number of aliphatic hydroxyl groups is 1. The lowest BCUT2D eigenvalue weighted by atomic mass is 10.2. The summed E-state index contributed by atoms with van der Waals surface area (Å²) in [5.74, 6) is -1.77. The number of carbonyl (C=O) groups excluding carboxylic acids is 1. The molecule has 0 bridgehead atoms. The van der Waals surface area contributed by atoms with E-state index in [9.17, 15) is 18.0 Å². The van der Waals surface area contributed by atoms with Crippen LogP contribution >= 0.6 is 11.6 Å². The summed E-state index contributed by atoms with van der Waals surface area (Å²) in [6.07, 6.45) is -2.76. The number of amides is 1. The maximum Gasteiger partial charge on any atom is 0.257 e. The van der Waals surface area contributed by atoms with E-state index in [1.54, 1.807) is 0 Å². The lowest BCUT2D eigenvalue weighted by Gasteiger charge is -2.21. The lowest BCUT2D eigenvalue weighted by Crippen LogP contribution is -2.37. The Morgan fingerprint density at radius 3 is 2.67 bits per heavy atom. The molecule has 18 heavy (non-hydrogen) atoms. The first-order chi connectivity index (χ1) is 8.45. The maximum atomic E-state index is 13.4. The minimum absolute atomic E-state index is 0.126. The van der Waals surface area contributed by atoms with Crippen molar-refractivity contribution in [1.29, 1.82) is 0 Å². The molecule has 1 aromatic rings. The van der Waals surface area contributed by atoms with Crippen molar-refractivity contribution in [3.63, 3.8) is 0 Å². The van der Waals surface area contributed by atoms with Gasteiger partial charge < -0.3 is 10.0 Å². The average molecular weight is 282 g/mol. The van der Waals surface area contributed by atoms with Gasteiger partial charge in [0.05, 0.1) is 18.7 Å². The monoisotopic (exact) mass is 281 g/mol. The highest BCUT2D eigenvalue weighted by molar-refractivity contribution is 6.30. The second-order valence-electron chi connectivity index (χ2n) is 3.49. The predicted octanol–water partition coefficient (Wildman–Crippen LogP) is 2.18. The molecule has 3 nitrogen and oxygen atoms in total. The van der Waals surface area contributed by atoms with Gasteiger partial charge in [-0.25, -0.2) is 13.2 Å². The summed E-state index contributed by atoms with van der Waals surface area (Å²) >= 11 is 5.61. The molecule has 0 saturated heterocycles. The van der Waals surface area contributed by atoms with Crippen LogP contribution < -0.4 is 0 Å². The van der Waals surface area contributed by atoms with Crippen LogP contribution in [0.15, 0.2) is 18.2 Å². The SMILES string of the molecule is O=C(c1cc(Cl)ccc1F)N(CCO)CC(F)F. The molecule has 0 unspecified atom stereocenters. The highest BCUT2D eigenvalue weighted by Gasteiger charge is 2.22. The molecule has 1 amide bonds. The Bertz CT molecular complexity index is 429. The van der Waals surface area contributed by atoms with Crippen molar-refractivity contribution in [3.8, 4) is 0 Å². The Labute approximate surface area is 107 Å². The summed E-state index contributed by atoms with van der Waals surface area (Å²) in [4.78, 5) is 12.5. The number of alkyl halides is 2. The number of carbonyl (C=O) groups is 1. The highest BCUT2D eigenvalue weighted by atomic mass is 35.5. The van der Waals surface area contributed by atoms with Crippen molar-refractivity contribution in [2.75, 3.05) is 19.7 Å². The van der Waals surface area contributed by atoms with Crippen molar-refractivity contribution >= 4 is 17.5 Å². The standard InChI is InChI=1S/C11H11ClF3NO2/c12-7-1-2-9(13)8(5-7)11(18)16(3-4-17)6-10(14)15/h1-2,5,10,17H,3-4,6H2. The summed E-state index contributed by atoms with van der Waals surface area (Å²) in [7, 11) is 0. The van der Waals surface area contributed by atoms with Crippen LogP contribution in [0.5, 0.6) is 0 Å². The zero-order valence-corrected chi connectivity index (χ0v) is 10.0. The van der Waals surface area contributed by atoms with E-state index < -0.39 is 36.9 Å². The van der Waals surface area contributed by atoms with E-state index in [1.807, 2.05) is 0 Å². The molecule has 1 N–H and O–H groups in total. The lowest BCUT2D eigenvalue weighted by molar-refractivity contribution is 0.0505. The first-order valence-corrected chi connectivity index (χ1v) is 5.47. The van der Waals surface area contributed by atoms with Crippen molar-refractivity contribution in [2.24, 2.45) is 0 Å². The Morgan fingerprint density at radius 1 is 1.44 bits per heavy atom. The van der Waals surface area contributed by atoms with Crippen LogP contribution in [0.3, 0.4) is 0 Å². The third-order valence-electron chi connectivity index (χ3n) is 2.17. The minimum Gasteiger partial charge on any atom is -0.395 e. The van der Waals surface area contributed by atoms with Crippen LogP contribution in [0.1, 0.15) is 10.4 Å². The van der Waals surface area contributed by atoms with Crippen LogP contribution in [-0.2, 0) is 0 Å². The molecule has 100 valence electrons. The second kappa shape index (κ2) is 6.61. The molecule has 0 atom stereocenters. The highest BCUT2D eigenvalue weighted by Crippen LogP contribution is 2.17. The van der Waals surface area contributed by atoms with E-state index in [1.165, 1.54) is 6.07 Å². The van der Waals surface area contributed by atoms with Gasteiger partial charge >= 0.3 is 0 Å². The zero-order chi connectivity index (χ0) is 13.7. The fraction of sp³-hybridized carbons (Fsp3) is 0.364. The summed E-state index contributed by atoms with van der Waals surface area (Å²) in [5, 5.41) is 8.84. The van der Waals surface area contributed by atoms with Gasteiger partial charge in [0.25, 0.3) is 12.3 Å². The van der Waals surface area contributed by atoms with Gasteiger partial charge in [0.15, 0.2) is 0 Å². The number of benzene rings is 1. The number of hydrogen-bond donors (Lipinski definition) is 1. The topological polar surface area (TPSA) is 40.5 Å². The summed E-state index contributed by atoms with van der Waals surface area (Å²) < 4.78 is 37.9. The number of rotatable bonds is 5. The Morgan fingerprint density at radius 2 is 2.11 bits per heavy atom. The van der Waals surface area contributed by atoms with Gasteiger partial charge in [-0.2, -0.15) is 0 Å². The van der Waals surface area contributed by atoms with Gasteiger partial charge in [-0.1, -0.05) is 11.6 Å². The number of aliphatic hydroxyl groups excluding tert-OH is 1. The average Bonchev–Trinajstić information content (AvgIpc) is 2.30. The summed E-state index contributed by atoms with van der Waals surface area (Å²) in [6.45, 7) is -1.65. The molecule has 1 aromatic carbocycles. The van der Waals surface area contributed by atoms with Gasteiger partial charge in [-0.05, 0) is 18.2 Å². The Hall–Kier alpha value is -1.27. The molecule has 7 heteroatoms. The first-order valence-electron chi connectivity index (χ1n) is 5.09. The fourth-order valence-electron chi connectivity index (χ4n) is 1.39. The fourth-order valence-corrected chi connectivity index (χ4v) is 1.57. The maximum absolute atomic E-state index is 13.4. The first kappa shape index (κ1) is 14.8. The van der Waals surface area contributed by atoms with E-state index in [4.69, 9.17) is 16.7 Å². The van der Waals surface area contributed by atoms with E-state index >= 15 is 0 Å². The third-order valence-corrected chi connectivity index (χ3v) is 2.41. The minimum atomic E-state index is -2.76. The van der Waals surface area contributed by atoms with Crippen molar-refractivity contribution < 1.29 is 23.1 Å². The summed E-state index contributed by atoms with van der Waals surface area (Å²) in [6, 6.07) is 3.29. The molecule has 0 spiro atoms. The van der Waals surface area contributed by atoms with Crippen LogP contribution in [0.4, 0.5) is 13.2 Å². The molecule has 0 aliphatic carbocycles. The Kier molecular flexibility index (Phi) is 5.43. The smallest absolute Gasteiger partial charge is 0.257 e. The Balaban J connectivity index is 2.97. The molecule has 0 aliphatic rings. The van der Waals surface area contributed by atoms with Gasteiger partial charge in [-0.3, -0.25) is 4.79 Å². The van der Waals surface area contributed by atoms with Gasteiger partial charge in [0.1, 0.15) is 5.82 Å². The molecule has 0 aliphatic heterocycles. The van der Waals surface area contributed by atoms with E-state index in [-0.39, 0.29) is 11.6 Å². The van der Waals surface area contributed by atoms with E-state index in [2.05, 4.69) is 0 Å². The predicted molar refractivity (Wildman–Crippen MR) is 60.4 cm³/mol. The molecule has 0 heterocycles. The molecule has 1 rings (SSSR count). The van der Waals surface area contributed by atoms with Crippen molar-refractivity contribution in [2.45, 2.75) is 6.43 Å². The quantitative estimate of drug-likeness (QED) is 0.899. The van der Waals surface area contributed by atoms with Crippen LogP contribution in [0.2, 0.25) is 5.02 Å². The molecular weight excluding hydrogens is 271 g/mol. The van der Waals surface area contributed by atoms with Crippen LogP contribution in [0, 0.1) is 5.82 Å². The molecule has 0 aromatic heterocycles. The molecule has 0 fully saturated rings. The van der Waals surface area contributed by atoms with Gasteiger partial charge in [-0.15, -0.1) is 0 Å². The number of halogens is 4. The van der Waals surface area contributed by atoms with Gasteiger partial charge in [0, 0.05) is 11.6 Å².